The van der Waals surface area contributed by atoms with Crippen LogP contribution in [0.4, 0.5) is 0 Å². The van der Waals surface area contributed by atoms with Crippen molar-refractivity contribution in [1.29, 1.82) is 0 Å². The van der Waals surface area contributed by atoms with Crippen molar-refractivity contribution in [2.75, 3.05) is 6.54 Å². The van der Waals surface area contributed by atoms with Crippen LogP contribution in [0.15, 0.2) is 30.3 Å². The summed E-state index contributed by atoms with van der Waals surface area (Å²) in [4.78, 5) is 22.1. The molecule has 1 amide bonds. The van der Waals surface area contributed by atoms with Crippen molar-refractivity contribution in [1.82, 2.24) is 5.32 Å². The number of aliphatic carboxylic acids is 1. The second kappa shape index (κ2) is 12.7. The third-order valence-electron chi connectivity index (χ3n) is 3.85. The van der Waals surface area contributed by atoms with E-state index in [2.05, 4.69) is 5.32 Å². The molecule has 0 saturated carbocycles. The van der Waals surface area contributed by atoms with E-state index in [0.717, 1.165) is 44.2 Å². The topological polar surface area (TPSA) is 66.4 Å². The summed E-state index contributed by atoms with van der Waals surface area (Å²) in [5.74, 6) is -0.603. The molecular weight excluding hydrogens is 290 g/mol. The summed E-state index contributed by atoms with van der Waals surface area (Å²) >= 11 is 0. The molecule has 4 heteroatoms. The van der Waals surface area contributed by atoms with Gasteiger partial charge >= 0.3 is 5.97 Å². The third kappa shape index (κ3) is 11.4. The minimum absolute atomic E-state index is 0.0923. The molecule has 2 N–H and O–H groups in total. The Hall–Kier alpha value is -1.84. The number of rotatable bonds is 13. The minimum atomic E-state index is -0.695. The van der Waals surface area contributed by atoms with Gasteiger partial charge in [0.25, 0.3) is 0 Å². The van der Waals surface area contributed by atoms with E-state index in [1.165, 1.54) is 19.3 Å². The predicted molar refractivity (Wildman–Crippen MR) is 92.3 cm³/mol. The first-order valence-electron chi connectivity index (χ1n) is 8.71. The summed E-state index contributed by atoms with van der Waals surface area (Å²) in [6, 6.07) is 9.79. The van der Waals surface area contributed by atoms with Gasteiger partial charge in [0.15, 0.2) is 0 Å². The van der Waals surface area contributed by atoms with Gasteiger partial charge in [-0.2, -0.15) is 0 Å². The van der Waals surface area contributed by atoms with Crippen LogP contribution in [0, 0.1) is 0 Å². The predicted octanol–water partition coefficient (Wildman–Crippen LogP) is 3.94. The third-order valence-corrected chi connectivity index (χ3v) is 3.85. The maximum absolute atomic E-state index is 11.7. The Labute approximate surface area is 139 Å². The largest absolute Gasteiger partial charge is 0.481 e. The van der Waals surface area contributed by atoms with E-state index in [9.17, 15) is 9.59 Å². The summed E-state index contributed by atoms with van der Waals surface area (Å²) in [6.45, 7) is 0.754. The van der Waals surface area contributed by atoms with Gasteiger partial charge in [-0.1, -0.05) is 68.9 Å². The highest BCUT2D eigenvalue weighted by Gasteiger charge is 2.01. The molecule has 23 heavy (non-hydrogen) atoms. The molecule has 128 valence electrons. The standard InChI is InChI=1S/C19H29NO3/c21-18(16-17-12-8-7-9-13-17)20-15-11-6-4-2-1-3-5-10-14-19(22)23/h7-9,12-13H,1-6,10-11,14-16H2,(H,20,21)(H,22,23). The molecule has 0 fully saturated rings. The molecule has 0 aliphatic heterocycles. The van der Waals surface area contributed by atoms with E-state index < -0.39 is 5.97 Å². The van der Waals surface area contributed by atoms with E-state index >= 15 is 0 Å². The second-order valence-corrected chi connectivity index (χ2v) is 5.98. The number of nitrogens with one attached hydrogen (secondary N) is 1. The molecule has 0 unspecified atom stereocenters. The van der Waals surface area contributed by atoms with Gasteiger partial charge < -0.3 is 10.4 Å². The molecule has 1 rings (SSSR count). The summed E-state index contributed by atoms with van der Waals surface area (Å²) in [5, 5.41) is 11.5. The number of hydrogen-bond acceptors (Lipinski definition) is 2. The highest BCUT2D eigenvalue weighted by atomic mass is 16.4. The van der Waals surface area contributed by atoms with Gasteiger partial charge in [-0.25, -0.2) is 0 Å². The molecule has 0 bridgehead atoms. The van der Waals surface area contributed by atoms with Gasteiger partial charge in [0.05, 0.1) is 6.42 Å². The molecule has 0 aliphatic rings. The number of unbranched alkanes of at least 4 members (excludes halogenated alkanes) is 7. The van der Waals surface area contributed by atoms with Crippen LogP contribution < -0.4 is 5.32 Å². The Morgan fingerprint density at radius 1 is 0.826 bits per heavy atom. The fourth-order valence-corrected chi connectivity index (χ4v) is 2.53. The summed E-state index contributed by atoms with van der Waals surface area (Å²) < 4.78 is 0. The van der Waals surface area contributed by atoms with Gasteiger partial charge in [-0.15, -0.1) is 0 Å². The first-order valence-corrected chi connectivity index (χ1v) is 8.71. The molecule has 0 radical (unpaired) electrons. The van der Waals surface area contributed by atoms with Crippen LogP contribution in [0.2, 0.25) is 0 Å². The maximum atomic E-state index is 11.7. The number of amides is 1. The van der Waals surface area contributed by atoms with E-state index in [0.29, 0.717) is 12.8 Å². The van der Waals surface area contributed by atoms with Crippen molar-refractivity contribution in [3.8, 4) is 0 Å². The normalized spacial score (nSPS) is 10.4. The lowest BCUT2D eigenvalue weighted by molar-refractivity contribution is -0.137. The smallest absolute Gasteiger partial charge is 0.303 e. The van der Waals surface area contributed by atoms with Crippen molar-refractivity contribution in [2.45, 2.75) is 64.2 Å². The quantitative estimate of drug-likeness (QED) is 0.541. The van der Waals surface area contributed by atoms with Gasteiger partial charge in [-0.05, 0) is 18.4 Å². The zero-order chi connectivity index (χ0) is 16.8. The SMILES string of the molecule is O=C(O)CCCCCCCCCCNC(=O)Cc1ccccc1. The van der Waals surface area contributed by atoms with Gasteiger partial charge in [-0.3, -0.25) is 9.59 Å². The van der Waals surface area contributed by atoms with Crippen molar-refractivity contribution >= 4 is 11.9 Å². The van der Waals surface area contributed by atoms with Crippen LogP contribution in [-0.4, -0.2) is 23.5 Å². The highest BCUT2D eigenvalue weighted by Crippen LogP contribution is 2.09. The van der Waals surface area contributed by atoms with Gasteiger partial charge in [0, 0.05) is 13.0 Å². The van der Waals surface area contributed by atoms with Gasteiger partial charge in [0.1, 0.15) is 0 Å². The zero-order valence-electron chi connectivity index (χ0n) is 13.9. The lowest BCUT2D eigenvalue weighted by Crippen LogP contribution is -2.26. The number of carboxylic acid groups (broad SMARTS) is 1. The Morgan fingerprint density at radius 3 is 2.00 bits per heavy atom. The molecule has 0 saturated heterocycles. The average molecular weight is 319 g/mol. The Kier molecular flexibility index (Phi) is 10.6. The first kappa shape index (κ1) is 19.2. The number of carbonyl (C=O) groups is 2. The molecule has 1 aromatic rings. The maximum Gasteiger partial charge on any atom is 0.303 e. The Bertz CT molecular complexity index is 445. The number of benzene rings is 1. The summed E-state index contributed by atoms with van der Waals surface area (Å²) in [5.41, 5.74) is 1.05. The average Bonchev–Trinajstić information content (AvgIpc) is 2.53. The fraction of sp³-hybridized carbons (Fsp3) is 0.579. The first-order chi connectivity index (χ1) is 11.2. The van der Waals surface area contributed by atoms with E-state index in [1.54, 1.807) is 0 Å². The van der Waals surface area contributed by atoms with Gasteiger partial charge in [0.2, 0.25) is 5.91 Å². The molecule has 0 aliphatic carbocycles. The molecule has 4 nitrogen and oxygen atoms in total. The molecule has 0 heterocycles. The summed E-state index contributed by atoms with van der Waals surface area (Å²) in [7, 11) is 0. The number of carboxylic acids is 1. The van der Waals surface area contributed by atoms with Crippen LogP contribution >= 0.6 is 0 Å². The van der Waals surface area contributed by atoms with Crippen LogP contribution in [0.25, 0.3) is 0 Å². The second-order valence-electron chi connectivity index (χ2n) is 5.98. The van der Waals surface area contributed by atoms with Crippen LogP contribution in [0.1, 0.15) is 63.4 Å². The van der Waals surface area contributed by atoms with Crippen LogP contribution in [0.5, 0.6) is 0 Å². The van der Waals surface area contributed by atoms with E-state index in [4.69, 9.17) is 5.11 Å². The number of hydrogen-bond donors (Lipinski definition) is 2. The Balaban J connectivity index is 1.86. The molecular formula is C19H29NO3. The van der Waals surface area contributed by atoms with Crippen molar-refractivity contribution in [3.63, 3.8) is 0 Å². The highest BCUT2D eigenvalue weighted by molar-refractivity contribution is 5.78. The van der Waals surface area contributed by atoms with E-state index in [1.807, 2.05) is 30.3 Å². The fourth-order valence-electron chi connectivity index (χ4n) is 2.53. The van der Waals surface area contributed by atoms with Crippen LogP contribution in [0.3, 0.4) is 0 Å². The van der Waals surface area contributed by atoms with Crippen molar-refractivity contribution < 1.29 is 14.7 Å². The molecule has 1 aromatic carbocycles. The molecule has 0 aromatic heterocycles. The molecule has 0 atom stereocenters. The minimum Gasteiger partial charge on any atom is -0.481 e. The number of carbonyl (C=O) groups excluding carboxylic acids is 1. The van der Waals surface area contributed by atoms with Crippen molar-refractivity contribution in [2.24, 2.45) is 0 Å². The van der Waals surface area contributed by atoms with Crippen LogP contribution in [-0.2, 0) is 16.0 Å². The monoisotopic (exact) mass is 319 g/mol. The summed E-state index contributed by atoms with van der Waals surface area (Å²) in [6.07, 6.45) is 9.42. The van der Waals surface area contributed by atoms with E-state index in [-0.39, 0.29) is 5.91 Å². The molecule has 0 spiro atoms. The zero-order valence-corrected chi connectivity index (χ0v) is 13.9. The lowest BCUT2D eigenvalue weighted by Gasteiger charge is -2.05. The Morgan fingerprint density at radius 2 is 1.39 bits per heavy atom. The lowest BCUT2D eigenvalue weighted by atomic mass is 10.1. The van der Waals surface area contributed by atoms with Crippen molar-refractivity contribution in [3.05, 3.63) is 35.9 Å².